The topological polar surface area (TPSA) is 116 Å². The van der Waals surface area contributed by atoms with Gasteiger partial charge in [0.25, 0.3) is 11.5 Å². The number of anilines is 2. The molecule has 0 fully saturated rings. The van der Waals surface area contributed by atoms with Gasteiger partial charge in [0.05, 0.1) is 5.69 Å². The van der Waals surface area contributed by atoms with Crippen LogP contribution >= 0.6 is 11.3 Å². The van der Waals surface area contributed by atoms with Crippen molar-refractivity contribution in [2.24, 2.45) is 5.41 Å². The van der Waals surface area contributed by atoms with Crippen molar-refractivity contribution < 1.29 is 27.2 Å². The number of benzene rings is 1. The van der Waals surface area contributed by atoms with Crippen molar-refractivity contribution in [1.82, 2.24) is 9.88 Å². The summed E-state index contributed by atoms with van der Waals surface area (Å²) in [5, 5.41) is 16.3. The van der Waals surface area contributed by atoms with Gasteiger partial charge in [-0.3, -0.25) is 19.0 Å². The smallest absolute Gasteiger partial charge is 0.360 e. The van der Waals surface area contributed by atoms with Crippen LogP contribution in [0.25, 0.3) is 11.8 Å². The van der Waals surface area contributed by atoms with Crippen LogP contribution in [0.1, 0.15) is 27.7 Å². The number of amides is 2. The summed E-state index contributed by atoms with van der Waals surface area (Å²) in [4.78, 5) is 37.0. The zero-order chi connectivity index (χ0) is 26.6. The molecule has 13 heteroatoms. The average molecular weight is 514 g/mol. The molecule has 2 aromatic rings. The number of hydrogen-bond donors (Lipinski definition) is 3. The third-order valence-corrected chi connectivity index (χ3v) is 5.62. The van der Waals surface area contributed by atoms with Gasteiger partial charge in [-0.05, 0) is 25.1 Å². The molecule has 1 heterocycles. The van der Waals surface area contributed by atoms with Crippen LogP contribution < -0.4 is 30.7 Å². The first kappa shape index (κ1) is 27.6. The molecule has 8 nitrogen and oxygen atoms in total. The minimum absolute atomic E-state index is 0.0443. The maximum Gasteiger partial charge on any atom is 0.405 e. The van der Waals surface area contributed by atoms with E-state index in [1.54, 1.807) is 39.1 Å². The minimum Gasteiger partial charge on any atom is -0.360 e. The Labute approximate surface area is 201 Å². The van der Waals surface area contributed by atoms with E-state index in [-0.39, 0.29) is 21.4 Å². The molecule has 0 spiro atoms. The lowest BCUT2D eigenvalue weighted by molar-refractivity contribution is -0.135. The number of hydrogen-bond acceptors (Lipinski definition) is 6. The van der Waals surface area contributed by atoms with E-state index in [1.165, 1.54) is 18.3 Å². The number of thiazole rings is 1. The molecular formula is C22H23F4N5O3S. The summed E-state index contributed by atoms with van der Waals surface area (Å²) >= 11 is 0.733. The first-order valence-corrected chi connectivity index (χ1v) is 11.1. The van der Waals surface area contributed by atoms with Crippen LogP contribution in [0.5, 0.6) is 0 Å². The molecule has 0 aliphatic rings. The van der Waals surface area contributed by atoms with Gasteiger partial charge in [-0.2, -0.15) is 18.4 Å². The SMILES string of the molecule is CCn1c(=O)/c(=C\Nc2ccc(F)c(NC(=O)C(C)(C)C)c2)s/c1=C(/C#N)C(=O)NCC(F)(F)F. The molecule has 0 aliphatic carbocycles. The van der Waals surface area contributed by atoms with Gasteiger partial charge in [-0.15, -0.1) is 11.3 Å². The number of carbonyl (C=O) groups is 2. The first-order valence-electron chi connectivity index (χ1n) is 10.2. The van der Waals surface area contributed by atoms with Crippen LogP contribution in [-0.4, -0.2) is 29.1 Å². The quantitative estimate of drug-likeness (QED) is 0.513. The Morgan fingerprint density at radius 2 is 1.89 bits per heavy atom. The van der Waals surface area contributed by atoms with Crippen molar-refractivity contribution in [3.8, 4) is 6.07 Å². The van der Waals surface area contributed by atoms with Gasteiger partial charge >= 0.3 is 6.18 Å². The molecule has 0 atom stereocenters. The van der Waals surface area contributed by atoms with E-state index in [0.29, 0.717) is 5.69 Å². The lowest BCUT2D eigenvalue weighted by Crippen LogP contribution is -2.37. The van der Waals surface area contributed by atoms with Crippen LogP contribution in [0.2, 0.25) is 0 Å². The van der Waals surface area contributed by atoms with Crippen molar-refractivity contribution >= 4 is 46.3 Å². The average Bonchev–Trinajstić information content (AvgIpc) is 3.07. The lowest BCUT2D eigenvalue weighted by atomic mass is 9.95. The number of rotatable bonds is 6. The second kappa shape index (κ2) is 10.7. The van der Waals surface area contributed by atoms with E-state index in [2.05, 4.69) is 10.6 Å². The molecule has 35 heavy (non-hydrogen) atoms. The van der Waals surface area contributed by atoms with E-state index in [0.717, 1.165) is 22.0 Å². The van der Waals surface area contributed by atoms with Gasteiger partial charge in [-0.25, -0.2) is 4.39 Å². The molecule has 2 amide bonds. The second-order valence-corrected chi connectivity index (χ2v) is 9.32. The summed E-state index contributed by atoms with van der Waals surface area (Å²) in [6, 6.07) is 5.36. The van der Waals surface area contributed by atoms with Crippen LogP contribution in [0.15, 0.2) is 23.0 Å². The molecule has 0 aliphatic heterocycles. The Balaban J connectivity index is 2.45. The Morgan fingerprint density at radius 1 is 1.23 bits per heavy atom. The molecule has 0 unspecified atom stereocenters. The third-order valence-electron chi connectivity index (χ3n) is 4.49. The summed E-state index contributed by atoms with van der Waals surface area (Å²) in [5.74, 6) is -2.33. The second-order valence-electron chi connectivity index (χ2n) is 8.29. The number of aromatic nitrogens is 1. The Bertz CT molecular complexity index is 1350. The van der Waals surface area contributed by atoms with Crippen molar-refractivity contribution in [2.75, 3.05) is 17.2 Å². The van der Waals surface area contributed by atoms with Gasteiger partial charge in [0.1, 0.15) is 27.6 Å². The van der Waals surface area contributed by atoms with E-state index in [9.17, 15) is 37.2 Å². The van der Waals surface area contributed by atoms with Crippen molar-refractivity contribution in [3.05, 3.63) is 43.6 Å². The number of carbonyl (C=O) groups excluding carboxylic acids is 2. The summed E-state index contributed by atoms with van der Waals surface area (Å²) in [5.41, 5.74) is -1.74. The zero-order valence-corrected chi connectivity index (χ0v) is 20.1. The zero-order valence-electron chi connectivity index (χ0n) is 19.3. The molecule has 0 radical (unpaired) electrons. The van der Waals surface area contributed by atoms with Gasteiger partial charge in [0, 0.05) is 23.8 Å². The minimum atomic E-state index is -4.67. The van der Waals surface area contributed by atoms with Gasteiger partial charge in [0.15, 0.2) is 5.57 Å². The molecule has 1 aromatic carbocycles. The molecule has 0 bridgehead atoms. The van der Waals surface area contributed by atoms with E-state index >= 15 is 0 Å². The monoisotopic (exact) mass is 513 g/mol. The van der Waals surface area contributed by atoms with Gasteiger partial charge in [0.2, 0.25) is 5.91 Å². The molecule has 188 valence electrons. The number of alkyl halides is 3. The van der Waals surface area contributed by atoms with Crippen molar-refractivity contribution in [2.45, 2.75) is 40.4 Å². The molecule has 0 saturated carbocycles. The molecule has 3 N–H and O–H groups in total. The predicted molar refractivity (Wildman–Crippen MR) is 124 cm³/mol. The maximum atomic E-state index is 14.1. The fraction of sp³-hybridized carbons (Fsp3) is 0.364. The van der Waals surface area contributed by atoms with Crippen LogP contribution in [0.4, 0.5) is 28.9 Å². The highest BCUT2D eigenvalue weighted by Gasteiger charge is 2.29. The van der Waals surface area contributed by atoms with E-state index < -0.39 is 46.9 Å². The maximum absolute atomic E-state index is 14.1. The van der Waals surface area contributed by atoms with E-state index in [1.807, 2.05) is 0 Å². The summed E-state index contributed by atoms with van der Waals surface area (Å²) in [6.45, 7) is 4.99. The lowest BCUT2D eigenvalue weighted by Gasteiger charge is -2.18. The third kappa shape index (κ3) is 7.16. The van der Waals surface area contributed by atoms with Gasteiger partial charge in [-0.1, -0.05) is 20.8 Å². The Kier molecular flexibility index (Phi) is 8.46. The molecule has 1 aromatic heterocycles. The fourth-order valence-corrected chi connectivity index (χ4v) is 3.71. The van der Waals surface area contributed by atoms with Crippen molar-refractivity contribution in [1.29, 1.82) is 5.26 Å². The Morgan fingerprint density at radius 3 is 2.43 bits per heavy atom. The fourth-order valence-electron chi connectivity index (χ4n) is 2.63. The normalized spacial score (nSPS) is 13.2. The summed E-state index contributed by atoms with van der Waals surface area (Å²) < 4.78 is 52.4. The molecule has 2 rings (SSSR count). The van der Waals surface area contributed by atoms with E-state index in [4.69, 9.17) is 0 Å². The highest BCUT2D eigenvalue weighted by Crippen LogP contribution is 2.23. The summed E-state index contributed by atoms with van der Waals surface area (Å²) in [6.07, 6.45) is -3.41. The highest BCUT2D eigenvalue weighted by molar-refractivity contribution is 7.07. The summed E-state index contributed by atoms with van der Waals surface area (Å²) in [7, 11) is 0. The molecule has 0 saturated heterocycles. The standard InChI is InChI=1S/C22H23F4N5O3S/c1-5-31-18(33)16(35-19(31)13(9-27)17(32)29-11-22(24,25)26)10-28-12-6-7-14(23)15(8-12)30-20(34)21(2,3)4/h6-8,10,28H,5,11H2,1-4H3,(H,29,32)(H,30,34)/b16-10+,19-13-. The van der Waals surface area contributed by atoms with Crippen LogP contribution in [0.3, 0.4) is 0 Å². The number of halogens is 4. The van der Waals surface area contributed by atoms with Crippen LogP contribution in [-0.2, 0) is 16.1 Å². The Hall–Kier alpha value is -3.66. The van der Waals surface area contributed by atoms with Gasteiger partial charge < -0.3 is 16.0 Å². The van der Waals surface area contributed by atoms with Crippen molar-refractivity contribution in [3.63, 3.8) is 0 Å². The number of nitrogens with one attached hydrogen (secondary N) is 3. The predicted octanol–water partition coefficient (Wildman–Crippen LogP) is 2.26. The first-order chi connectivity index (χ1) is 16.2. The molecular weight excluding hydrogens is 490 g/mol. The highest BCUT2D eigenvalue weighted by atomic mass is 32.1. The van der Waals surface area contributed by atoms with Crippen LogP contribution in [0, 0.1) is 22.6 Å². The number of nitriles is 1. The number of nitrogens with zero attached hydrogens (tertiary/aromatic N) is 2. The largest absolute Gasteiger partial charge is 0.405 e.